The lowest BCUT2D eigenvalue weighted by atomic mass is 9.99. The summed E-state index contributed by atoms with van der Waals surface area (Å²) < 4.78 is 0. The SMILES string of the molecule is Cc1[nH]c(=O)c(C#N)c(C)c1CCC(=O)Nc1nc(-c2cccs2)cs1. The molecule has 132 valence electrons. The number of aromatic amines is 1. The minimum atomic E-state index is -0.389. The summed E-state index contributed by atoms with van der Waals surface area (Å²) in [5.41, 5.74) is 2.72. The van der Waals surface area contributed by atoms with E-state index in [2.05, 4.69) is 15.3 Å². The second-order valence-electron chi connectivity index (χ2n) is 5.73. The average molecular weight is 384 g/mol. The average Bonchev–Trinajstić information content (AvgIpc) is 3.25. The zero-order valence-electron chi connectivity index (χ0n) is 14.3. The number of hydrogen-bond acceptors (Lipinski definition) is 6. The molecule has 0 atom stereocenters. The van der Waals surface area contributed by atoms with Crippen molar-refractivity contribution in [1.29, 1.82) is 5.26 Å². The first-order chi connectivity index (χ1) is 12.5. The maximum absolute atomic E-state index is 12.2. The number of carbonyl (C=O) groups is 1. The zero-order chi connectivity index (χ0) is 18.7. The Morgan fingerprint density at radius 2 is 2.19 bits per heavy atom. The van der Waals surface area contributed by atoms with E-state index in [4.69, 9.17) is 5.26 Å². The van der Waals surface area contributed by atoms with Crippen LogP contribution in [0.25, 0.3) is 10.6 Å². The fourth-order valence-electron chi connectivity index (χ4n) is 2.71. The molecule has 2 N–H and O–H groups in total. The Bertz CT molecular complexity index is 1040. The molecule has 0 aromatic carbocycles. The molecule has 3 aromatic heterocycles. The van der Waals surface area contributed by atoms with Gasteiger partial charge in [-0.3, -0.25) is 9.59 Å². The molecule has 0 unspecified atom stereocenters. The molecule has 0 bridgehead atoms. The van der Waals surface area contributed by atoms with E-state index in [0.717, 1.165) is 16.1 Å². The van der Waals surface area contributed by atoms with Gasteiger partial charge in [0, 0.05) is 17.5 Å². The highest BCUT2D eigenvalue weighted by molar-refractivity contribution is 7.16. The van der Waals surface area contributed by atoms with E-state index >= 15 is 0 Å². The van der Waals surface area contributed by atoms with Crippen molar-refractivity contribution in [1.82, 2.24) is 9.97 Å². The normalized spacial score (nSPS) is 10.5. The van der Waals surface area contributed by atoms with Gasteiger partial charge in [0.1, 0.15) is 11.6 Å². The van der Waals surface area contributed by atoms with Crippen molar-refractivity contribution in [2.75, 3.05) is 5.32 Å². The molecule has 0 radical (unpaired) electrons. The van der Waals surface area contributed by atoms with Gasteiger partial charge in [-0.1, -0.05) is 6.07 Å². The predicted octanol–water partition coefficient (Wildman–Crippen LogP) is 3.62. The van der Waals surface area contributed by atoms with Gasteiger partial charge < -0.3 is 10.3 Å². The molecule has 6 nitrogen and oxygen atoms in total. The van der Waals surface area contributed by atoms with Gasteiger partial charge in [-0.15, -0.1) is 22.7 Å². The van der Waals surface area contributed by atoms with Gasteiger partial charge in [-0.2, -0.15) is 5.26 Å². The molecule has 1 amide bonds. The molecule has 0 spiro atoms. The minimum Gasteiger partial charge on any atom is -0.325 e. The van der Waals surface area contributed by atoms with Crippen molar-refractivity contribution in [3.63, 3.8) is 0 Å². The highest BCUT2D eigenvalue weighted by Crippen LogP contribution is 2.28. The lowest BCUT2D eigenvalue weighted by Gasteiger charge is -2.10. The van der Waals surface area contributed by atoms with Gasteiger partial charge in [-0.05, 0) is 42.8 Å². The quantitative estimate of drug-likeness (QED) is 0.702. The summed E-state index contributed by atoms with van der Waals surface area (Å²) in [5, 5.41) is 16.4. The standard InChI is InChI=1S/C18H16N4O2S2/c1-10-12(11(2)20-17(24)13(10)8-19)5-6-16(23)22-18-21-14(9-26-18)15-4-3-7-25-15/h3-4,7,9H,5-6H2,1-2H3,(H,20,24)(H,21,22,23). The van der Waals surface area contributed by atoms with Crippen molar-refractivity contribution < 1.29 is 4.79 Å². The summed E-state index contributed by atoms with van der Waals surface area (Å²) in [4.78, 5) is 32.2. The number of carbonyl (C=O) groups excluding carboxylic acids is 1. The van der Waals surface area contributed by atoms with Crippen LogP contribution >= 0.6 is 22.7 Å². The maximum Gasteiger partial charge on any atom is 0.266 e. The summed E-state index contributed by atoms with van der Waals surface area (Å²) in [7, 11) is 0. The monoisotopic (exact) mass is 384 g/mol. The van der Waals surface area contributed by atoms with Crippen molar-refractivity contribution in [2.24, 2.45) is 0 Å². The van der Waals surface area contributed by atoms with E-state index in [9.17, 15) is 9.59 Å². The van der Waals surface area contributed by atoms with Crippen LogP contribution in [0.2, 0.25) is 0 Å². The number of anilines is 1. The highest BCUT2D eigenvalue weighted by Gasteiger charge is 2.14. The zero-order valence-corrected chi connectivity index (χ0v) is 15.9. The van der Waals surface area contributed by atoms with Crippen molar-refractivity contribution in [2.45, 2.75) is 26.7 Å². The second-order valence-corrected chi connectivity index (χ2v) is 7.54. The molecule has 0 aliphatic heterocycles. The van der Waals surface area contributed by atoms with Crippen LogP contribution in [0.4, 0.5) is 5.13 Å². The highest BCUT2D eigenvalue weighted by atomic mass is 32.1. The Morgan fingerprint density at radius 3 is 2.88 bits per heavy atom. The Balaban J connectivity index is 1.67. The van der Waals surface area contributed by atoms with Crippen LogP contribution < -0.4 is 10.9 Å². The van der Waals surface area contributed by atoms with Gasteiger partial charge in [0.15, 0.2) is 5.13 Å². The van der Waals surface area contributed by atoms with Crippen molar-refractivity contribution >= 4 is 33.7 Å². The summed E-state index contributed by atoms with van der Waals surface area (Å²) in [6, 6.07) is 5.87. The molecule has 0 saturated heterocycles. The minimum absolute atomic E-state index is 0.103. The lowest BCUT2D eigenvalue weighted by molar-refractivity contribution is -0.116. The van der Waals surface area contributed by atoms with Gasteiger partial charge in [0.25, 0.3) is 5.56 Å². The van der Waals surface area contributed by atoms with Crippen molar-refractivity contribution in [3.05, 3.63) is 55.6 Å². The molecular formula is C18H16N4O2S2. The maximum atomic E-state index is 12.2. The number of aryl methyl sites for hydroxylation is 1. The van der Waals surface area contributed by atoms with Crippen LogP contribution in [0, 0.1) is 25.2 Å². The van der Waals surface area contributed by atoms with E-state index in [1.807, 2.05) is 29.0 Å². The fourth-order valence-corrected chi connectivity index (χ4v) is 4.20. The number of nitrogens with zero attached hydrogens (tertiary/aromatic N) is 2. The molecule has 0 aliphatic rings. The third kappa shape index (κ3) is 3.74. The van der Waals surface area contributed by atoms with Gasteiger partial charge in [0.05, 0.1) is 10.6 Å². The topological polar surface area (TPSA) is 98.6 Å². The number of pyridine rings is 1. The number of hydrogen-bond donors (Lipinski definition) is 2. The number of thiophene rings is 1. The Hall–Kier alpha value is -2.76. The first-order valence-electron chi connectivity index (χ1n) is 7.91. The molecule has 0 aliphatic carbocycles. The van der Waals surface area contributed by atoms with Crippen LogP contribution in [0.5, 0.6) is 0 Å². The van der Waals surface area contributed by atoms with Gasteiger partial charge in [0.2, 0.25) is 5.91 Å². The molecular weight excluding hydrogens is 368 g/mol. The van der Waals surface area contributed by atoms with Gasteiger partial charge in [-0.25, -0.2) is 4.98 Å². The number of nitrogens with one attached hydrogen (secondary N) is 2. The second kappa shape index (κ2) is 7.64. The third-order valence-electron chi connectivity index (χ3n) is 4.05. The fraction of sp³-hybridized carbons (Fsp3) is 0.222. The molecule has 3 aromatic rings. The number of amides is 1. The number of thiazole rings is 1. The van der Waals surface area contributed by atoms with E-state index in [1.165, 1.54) is 11.3 Å². The smallest absolute Gasteiger partial charge is 0.266 e. The lowest BCUT2D eigenvalue weighted by Crippen LogP contribution is -2.18. The number of rotatable bonds is 5. The summed E-state index contributed by atoms with van der Waals surface area (Å²) in [6.07, 6.45) is 0.685. The van der Waals surface area contributed by atoms with Gasteiger partial charge >= 0.3 is 0 Å². The summed E-state index contributed by atoms with van der Waals surface area (Å²) in [6.45, 7) is 3.51. The van der Waals surface area contributed by atoms with E-state index < -0.39 is 0 Å². The Kier molecular flexibility index (Phi) is 5.30. The predicted molar refractivity (Wildman–Crippen MR) is 104 cm³/mol. The third-order valence-corrected chi connectivity index (χ3v) is 5.70. The number of H-pyrrole nitrogens is 1. The van der Waals surface area contributed by atoms with E-state index in [0.29, 0.717) is 22.8 Å². The molecule has 0 fully saturated rings. The first-order valence-corrected chi connectivity index (χ1v) is 9.67. The largest absolute Gasteiger partial charge is 0.325 e. The van der Waals surface area contributed by atoms with E-state index in [1.54, 1.807) is 25.2 Å². The van der Waals surface area contributed by atoms with Crippen LogP contribution in [0.15, 0.2) is 27.7 Å². The number of aromatic nitrogens is 2. The van der Waals surface area contributed by atoms with Crippen LogP contribution in [0.1, 0.15) is 28.8 Å². The summed E-state index contributed by atoms with van der Waals surface area (Å²) >= 11 is 2.98. The number of nitriles is 1. The molecule has 0 saturated carbocycles. The molecule has 3 rings (SSSR count). The van der Waals surface area contributed by atoms with Crippen molar-refractivity contribution in [3.8, 4) is 16.6 Å². The van der Waals surface area contributed by atoms with Crippen LogP contribution in [-0.4, -0.2) is 15.9 Å². The Labute approximate surface area is 158 Å². The molecule has 3 heterocycles. The van der Waals surface area contributed by atoms with Crippen LogP contribution in [-0.2, 0) is 11.2 Å². The van der Waals surface area contributed by atoms with Crippen LogP contribution in [0.3, 0.4) is 0 Å². The Morgan fingerprint density at radius 1 is 1.38 bits per heavy atom. The summed E-state index contributed by atoms with van der Waals surface area (Å²) in [5.74, 6) is -0.152. The van der Waals surface area contributed by atoms with E-state index in [-0.39, 0.29) is 23.5 Å². The molecule has 8 heteroatoms. The first kappa shape index (κ1) is 18.0. The molecule has 26 heavy (non-hydrogen) atoms.